The fraction of sp³-hybridized carbons (Fsp3) is 0.222. The Labute approximate surface area is 194 Å². The molecule has 0 bridgehead atoms. The molecule has 0 aliphatic carbocycles. The molecular formula is C27H28N2O4. The van der Waals surface area contributed by atoms with Crippen molar-refractivity contribution < 1.29 is 18.7 Å². The van der Waals surface area contributed by atoms with Crippen LogP contribution in [0.15, 0.2) is 83.6 Å². The van der Waals surface area contributed by atoms with Crippen LogP contribution in [0, 0.1) is 6.92 Å². The highest BCUT2D eigenvalue weighted by Gasteiger charge is 2.23. The van der Waals surface area contributed by atoms with Crippen LogP contribution in [0.1, 0.15) is 32.9 Å². The van der Waals surface area contributed by atoms with Gasteiger partial charge in [0.05, 0.1) is 39.1 Å². The minimum absolute atomic E-state index is 0.144. The number of aryl methyl sites for hydroxylation is 1. The first kappa shape index (κ1) is 22.3. The molecule has 0 spiro atoms. The lowest BCUT2D eigenvalue weighted by atomic mass is 10.1. The summed E-state index contributed by atoms with van der Waals surface area (Å²) >= 11 is 0. The molecule has 2 aromatic heterocycles. The van der Waals surface area contributed by atoms with Crippen molar-refractivity contribution in [1.82, 2.24) is 9.47 Å². The fourth-order valence-corrected chi connectivity index (χ4v) is 3.77. The van der Waals surface area contributed by atoms with E-state index in [0.29, 0.717) is 35.9 Å². The molecule has 0 aliphatic rings. The summed E-state index contributed by atoms with van der Waals surface area (Å²) in [6.45, 7) is 3.58. The van der Waals surface area contributed by atoms with Crippen molar-refractivity contribution in [2.75, 3.05) is 14.2 Å². The molecule has 0 radical (unpaired) electrons. The maximum atomic E-state index is 13.6. The van der Waals surface area contributed by atoms with Crippen LogP contribution in [0.2, 0.25) is 0 Å². The van der Waals surface area contributed by atoms with E-state index in [0.717, 1.165) is 12.2 Å². The largest absolute Gasteiger partial charge is 0.497 e. The third-order valence-corrected chi connectivity index (χ3v) is 5.60. The van der Waals surface area contributed by atoms with Gasteiger partial charge in [-0.05, 0) is 48.9 Å². The number of methoxy groups -OCH3 is 2. The zero-order chi connectivity index (χ0) is 23.2. The van der Waals surface area contributed by atoms with E-state index in [1.807, 2.05) is 30.5 Å². The topological polar surface area (TPSA) is 56.8 Å². The molecule has 0 saturated carbocycles. The van der Waals surface area contributed by atoms with Gasteiger partial charge < -0.3 is 23.4 Å². The molecule has 4 rings (SSSR count). The van der Waals surface area contributed by atoms with Gasteiger partial charge in [0.25, 0.3) is 5.91 Å². The third kappa shape index (κ3) is 5.29. The Morgan fingerprint density at radius 1 is 0.970 bits per heavy atom. The number of furan rings is 1. The molecule has 1 amide bonds. The molecule has 0 unspecified atom stereocenters. The Bertz CT molecular complexity index is 1190. The van der Waals surface area contributed by atoms with Gasteiger partial charge in [-0.15, -0.1) is 0 Å². The molecule has 0 N–H and O–H groups in total. The van der Waals surface area contributed by atoms with Crippen molar-refractivity contribution in [1.29, 1.82) is 0 Å². The van der Waals surface area contributed by atoms with Gasteiger partial charge in [0.1, 0.15) is 17.3 Å². The van der Waals surface area contributed by atoms with Crippen LogP contribution in [0.5, 0.6) is 11.5 Å². The number of benzene rings is 2. The first-order valence-corrected chi connectivity index (χ1v) is 10.8. The van der Waals surface area contributed by atoms with Gasteiger partial charge in [-0.2, -0.15) is 0 Å². The molecule has 2 aromatic carbocycles. The number of ether oxygens (including phenoxy) is 2. The second-order valence-electron chi connectivity index (χ2n) is 7.92. The second-order valence-corrected chi connectivity index (χ2v) is 7.92. The van der Waals surface area contributed by atoms with Crippen molar-refractivity contribution in [2.45, 2.75) is 26.6 Å². The minimum atomic E-state index is -0.144. The van der Waals surface area contributed by atoms with E-state index in [1.165, 1.54) is 11.1 Å². The summed E-state index contributed by atoms with van der Waals surface area (Å²) in [6, 6.07) is 21.5. The van der Waals surface area contributed by atoms with Gasteiger partial charge in [-0.3, -0.25) is 4.79 Å². The number of carbonyl (C=O) groups is 1. The Morgan fingerprint density at radius 3 is 2.48 bits per heavy atom. The zero-order valence-corrected chi connectivity index (χ0v) is 19.2. The highest BCUT2D eigenvalue weighted by atomic mass is 16.5. The van der Waals surface area contributed by atoms with Crippen molar-refractivity contribution in [2.24, 2.45) is 0 Å². The molecule has 6 heteroatoms. The normalized spacial score (nSPS) is 10.8. The number of carbonyl (C=O) groups excluding carboxylic acids is 1. The van der Waals surface area contributed by atoms with Crippen molar-refractivity contribution >= 4 is 5.91 Å². The molecule has 2 heterocycles. The molecule has 4 aromatic rings. The molecule has 0 saturated heterocycles. The first-order valence-electron chi connectivity index (χ1n) is 10.8. The number of hydrogen-bond acceptors (Lipinski definition) is 4. The monoisotopic (exact) mass is 444 g/mol. The zero-order valence-electron chi connectivity index (χ0n) is 19.2. The van der Waals surface area contributed by atoms with Crippen LogP contribution in [-0.2, 0) is 19.6 Å². The standard InChI is InChI=1S/C27H28N2O4/c1-20-8-10-21(11-9-20)17-28-14-4-6-22(28)18-29(19-24-7-5-15-33-24)27(30)25-13-12-23(31-2)16-26(25)32-3/h4-16H,17-19H2,1-3H3. The van der Waals surface area contributed by atoms with E-state index < -0.39 is 0 Å². The number of rotatable bonds is 9. The summed E-state index contributed by atoms with van der Waals surface area (Å²) in [5.74, 6) is 1.67. The number of hydrogen-bond donors (Lipinski definition) is 0. The lowest BCUT2D eigenvalue weighted by Gasteiger charge is -2.24. The van der Waals surface area contributed by atoms with Gasteiger partial charge in [-0.1, -0.05) is 29.8 Å². The van der Waals surface area contributed by atoms with Crippen LogP contribution in [-0.4, -0.2) is 29.6 Å². The summed E-state index contributed by atoms with van der Waals surface area (Å²) in [5, 5.41) is 0. The van der Waals surface area contributed by atoms with Gasteiger partial charge in [-0.25, -0.2) is 0 Å². The highest BCUT2D eigenvalue weighted by Crippen LogP contribution is 2.27. The van der Waals surface area contributed by atoms with Crippen LogP contribution in [0.3, 0.4) is 0 Å². The Hall–Kier alpha value is -3.93. The van der Waals surface area contributed by atoms with E-state index in [1.54, 1.807) is 43.6 Å². The molecule has 6 nitrogen and oxygen atoms in total. The number of aromatic nitrogens is 1. The van der Waals surface area contributed by atoms with Crippen molar-refractivity contribution in [3.05, 3.63) is 107 Å². The number of nitrogens with zero attached hydrogens (tertiary/aromatic N) is 2. The van der Waals surface area contributed by atoms with E-state index in [-0.39, 0.29) is 5.91 Å². The summed E-state index contributed by atoms with van der Waals surface area (Å²) in [6.07, 6.45) is 3.66. The summed E-state index contributed by atoms with van der Waals surface area (Å²) in [5.41, 5.74) is 3.94. The quantitative estimate of drug-likeness (QED) is 0.352. The molecule has 33 heavy (non-hydrogen) atoms. The maximum absolute atomic E-state index is 13.6. The molecule has 0 aliphatic heterocycles. The summed E-state index contributed by atoms with van der Waals surface area (Å²) < 4.78 is 18.5. The van der Waals surface area contributed by atoms with E-state index >= 15 is 0 Å². The van der Waals surface area contributed by atoms with E-state index in [9.17, 15) is 4.79 Å². The Balaban J connectivity index is 1.62. The lowest BCUT2D eigenvalue weighted by Crippen LogP contribution is -2.31. The smallest absolute Gasteiger partial charge is 0.258 e. The predicted molar refractivity (Wildman–Crippen MR) is 127 cm³/mol. The average Bonchev–Trinajstić information content (AvgIpc) is 3.51. The fourth-order valence-electron chi connectivity index (χ4n) is 3.77. The van der Waals surface area contributed by atoms with Gasteiger partial charge in [0.15, 0.2) is 0 Å². The average molecular weight is 445 g/mol. The van der Waals surface area contributed by atoms with Crippen LogP contribution in [0.4, 0.5) is 0 Å². The summed E-state index contributed by atoms with van der Waals surface area (Å²) in [4.78, 5) is 15.4. The van der Waals surface area contributed by atoms with Crippen LogP contribution >= 0.6 is 0 Å². The van der Waals surface area contributed by atoms with E-state index in [2.05, 4.69) is 35.8 Å². The van der Waals surface area contributed by atoms with Gasteiger partial charge >= 0.3 is 0 Å². The second kappa shape index (κ2) is 10.1. The lowest BCUT2D eigenvalue weighted by molar-refractivity contribution is 0.0710. The third-order valence-electron chi connectivity index (χ3n) is 5.60. The minimum Gasteiger partial charge on any atom is -0.497 e. The first-order chi connectivity index (χ1) is 16.1. The van der Waals surface area contributed by atoms with E-state index in [4.69, 9.17) is 13.9 Å². The van der Waals surface area contributed by atoms with Gasteiger partial charge in [0.2, 0.25) is 0 Å². The highest BCUT2D eigenvalue weighted by molar-refractivity contribution is 5.97. The molecule has 170 valence electrons. The van der Waals surface area contributed by atoms with Gasteiger partial charge in [0, 0.05) is 24.5 Å². The SMILES string of the molecule is COc1ccc(C(=O)N(Cc2ccco2)Cc2cccn2Cc2ccc(C)cc2)c(OC)c1. The van der Waals surface area contributed by atoms with Crippen LogP contribution in [0.25, 0.3) is 0 Å². The Kier molecular flexibility index (Phi) is 6.83. The predicted octanol–water partition coefficient (Wildman–Crippen LogP) is 5.30. The van der Waals surface area contributed by atoms with Crippen LogP contribution < -0.4 is 9.47 Å². The Morgan fingerprint density at radius 2 is 1.79 bits per heavy atom. The van der Waals surface area contributed by atoms with Crippen molar-refractivity contribution in [3.63, 3.8) is 0 Å². The molecular weight excluding hydrogens is 416 g/mol. The van der Waals surface area contributed by atoms with Crippen molar-refractivity contribution in [3.8, 4) is 11.5 Å². The maximum Gasteiger partial charge on any atom is 0.258 e. The molecule has 0 atom stereocenters. The molecule has 0 fully saturated rings. The summed E-state index contributed by atoms with van der Waals surface area (Å²) in [7, 11) is 3.14. The number of amides is 1.